The molecule has 1 atom stereocenters. The Morgan fingerprint density at radius 2 is 1.95 bits per heavy atom. The molecule has 1 aromatic rings. The lowest BCUT2D eigenvalue weighted by Crippen LogP contribution is -2.41. The molecule has 0 spiro atoms. The Morgan fingerprint density at radius 3 is 2.53 bits per heavy atom. The van der Waals surface area contributed by atoms with Gasteiger partial charge >= 0.3 is 0 Å². The fourth-order valence-corrected chi connectivity index (χ4v) is 2.59. The number of nitrogens with one attached hydrogen (secondary N) is 1. The van der Waals surface area contributed by atoms with Crippen LogP contribution in [0.5, 0.6) is 5.75 Å². The monoisotopic (exact) mass is 286 g/mol. The quantitative estimate of drug-likeness (QED) is 0.795. The molecule has 0 fully saturated rings. The van der Waals surface area contributed by atoms with Crippen molar-refractivity contribution in [3.63, 3.8) is 0 Å². The number of rotatable bonds is 7. The van der Waals surface area contributed by atoms with Gasteiger partial charge in [-0.05, 0) is 25.5 Å². The third-order valence-electron chi connectivity index (χ3n) is 2.84. The van der Waals surface area contributed by atoms with Crippen molar-refractivity contribution < 1.29 is 13.2 Å². The number of nitrogens with two attached hydrogens (primary N) is 1. The van der Waals surface area contributed by atoms with Crippen LogP contribution >= 0.6 is 0 Å². The van der Waals surface area contributed by atoms with Crippen LogP contribution in [0.4, 0.5) is 0 Å². The van der Waals surface area contributed by atoms with E-state index in [2.05, 4.69) is 4.72 Å². The Kier molecular flexibility index (Phi) is 5.34. The largest absolute Gasteiger partial charge is 0.490 e. The highest BCUT2D eigenvalue weighted by Gasteiger charge is 2.21. The number of sulfonamides is 1. The van der Waals surface area contributed by atoms with Crippen molar-refractivity contribution in [1.82, 2.24) is 4.72 Å². The van der Waals surface area contributed by atoms with Crippen LogP contribution in [0.2, 0.25) is 0 Å². The van der Waals surface area contributed by atoms with Crippen LogP contribution in [0.3, 0.4) is 0 Å². The van der Waals surface area contributed by atoms with Gasteiger partial charge in [0.2, 0.25) is 10.0 Å². The highest BCUT2D eigenvalue weighted by atomic mass is 32.2. The van der Waals surface area contributed by atoms with Gasteiger partial charge in [-0.3, -0.25) is 0 Å². The smallest absolute Gasteiger partial charge is 0.244 e. The van der Waals surface area contributed by atoms with E-state index in [4.69, 9.17) is 10.5 Å². The van der Waals surface area contributed by atoms with Gasteiger partial charge in [-0.25, -0.2) is 13.1 Å². The Balaban J connectivity index is 2.97. The molecule has 0 heterocycles. The fraction of sp³-hybridized carbons (Fsp3) is 0.538. The van der Waals surface area contributed by atoms with Gasteiger partial charge in [0.25, 0.3) is 0 Å². The second-order valence-electron chi connectivity index (χ2n) is 4.74. The maximum Gasteiger partial charge on any atom is 0.244 e. The van der Waals surface area contributed by atoms with E-state index >= 15 is 0 Å². The first-order valence-electron chi connectivity index (χ1n) is 6.33. The second-order valence-corrected chi connectivity index (χ2v) is 6.48. The standard InChI is InChI=1S/C13H22N2O3S/c1-4-13(3,14)10-18-11-8-6-7-9-12(11)19(16,17)15-5-2/h6-9,15H,4-5,10,14H2,1-3H3. The Morgan fingerprint density at radius 1 is 1.32 bits per heavy atom. The minimum atomic E-state index is -3.53. The second kappa shape index (κ2) is 6.36. The van der Waals surface area contributed by atoms with Crippen molar-refractivity contribution >= 4 is 10.0 Å². The van der Waals surface area contributed by atoms with E-state index in [0.29, 0.717) is 12.3 Å². The number of benzene rings is 1. The molecule has 0 aromatic heterocycles. The molecule has 6 heteroatoms. The first-order chi connectivity index (χ1) is 8.82. The SMILES string of the molecule is CCNS(=O)(=O)c1ccccc1OCC(C)(N)CC. The summed E-state index contributed by atoms with van der Waals surface area (Å²) in [6.45, 7) is 6.16. The van der Waals surface area contributed by atoms with Crippen molar-refractivity contribution in [3.05, 3.63) is 24.3 Å². The predicted molar refractivity (Wildman–Crippen MR) is 75.7 cm³/mol. The van der Waals surface area contributed by atoms with Gasteiger partial charge in [0, 0.05) is 12.1 Å². The van der Waals surface area contributed by atoms with Gasteiger partial charge in [-0.2, -0.15) is 0 Å². The van der Waals surface area contributed by atoms with Crippen molar-refractivity contribution in [2.75, 3.05) is 13.2 Å². The number of para-hydroxylation sites is 1. The van der Waals surface area contributed by atoms with Gasteiger partial charge in [-0.1, -0.05) is 26.0 Å². The van der Waals surface area contributed by atoms with Gasteiger partial charge in [0.1, 0.15) is 17.3 Å². The van der Waals surface area contributed by atoms with Crippen LogP contribution < -0.4 is 15.2 Å². The maximum absolute atomic E-state index is 12.0. The molecule has 1 rings (SSSR count). The van der Waals surface area contributed by atoms with Crippen LogP contribution in [0.25, 0.3) is 0 Å². The molecule has 0 amide bonds. The Labute approximate surface area is 115 Å². The molecule has 108 valence electrons. The molecule has 0 saturated carbocycles. The molecule has 1 aromatic carbocycles. The van der Waals surface area contributed by atoms with Gasteiger partial charge in [-0.15, -0.1) is 0 Å². The minimum absolute atomic E-state index is 0.142. The third kappa shape index (κ3) is 4.49. The number of hydrogen-bond acceptors (Lipinski definition) is 4. The van der Waals surface area contributed by atoms with Gasteiger partial charge in [0.05, 0.1) is 0 Å². The Bertz CT molecular complexity index is 512. The average molecular weight is 286 g/mol. The van der Waals surface area contributed by atoms with Gasteiger partial charge < -0.3 is 10.5 Å². The Hall–Kier alpha value is -1.11. The van der Waals surface area contributed by atoms with Crippen molar-refractivity contribution in [2.45, 2.75) is 37.6 Å². The van der Waals surface area contributed by atoms with Crippen LogP contribution in [0, 0.1) is 0 Å². The highest BCUT2D eigenvalue weighted by Crippen LogP contribution is 2.24. The summed E-state index contributed by atoms with van der Waals surface area (Å²) in [6, 6.07) is 6.56. The van der Waals surface area contributed by atoms with E-state index in [1.165, 1.54) is 6.07 Å². The summed E-state index contributed by atoms with van der Waals surface area (Å²) in [4.78, 5) is 0.142. The summed E-state index contributed by atoms with van der Waals surface area (Å²) in [7, 11) is -3.53. The zero-order valence-electron chi connectivity index (χ0n) is 11.6. The fourth-order valence-electron chi connectivity index (χ4n) is 1.40. The molecule has 0 saturated heterocycles. The van der Waals surface area contributed by atoms with E-state index in [1.54, 1.807) is 25.1 Å². The molecule has 5 nitrogen and oxygen atoms in total. The number of ether oxygens (including phenoxy) is 1. The lowest BCUT2D eigenvalue weighted by Gasteiger charge is -2.23. The van der Waals surface area contributed by atoms with E-state index < -0.39 is 15.6 Å². The topological polar surface area (TPSA) is 81.4 Å². The van der Waals surface area contributed by atoms with Crippen LogP contribution in [-0.4, -0.2) is 27.1 Å². The van der Waals surface area contributed by atoms with Crippen LogP contribution in [-0.2, 0) is 10.0 Å². The predicted octanol–water partition coefficient (Wildman–Crippen LogP) is 1.49. The summed E-state index contributed by atoms with van der Waals surface area (Å²) in [5, 5.41) is 0. The summed E-state index contributed by atoms with van der Waals surface area (Å²) in [5.41, 5.74) is 5.51. The molecule has 3 N–H and O–H groups in total. The first-order valence-corrected chi connectivity index (χ1v) is 7.81. The van der Waals surface area contributed by atoms with Crippen molar-refractivity contribution in [3.8, 4) is 5.75 Å². The molecule has 0 aliphatic heterocycles. The molecule has 1 unspecified atom stereocenters. The summed E-state index contributed by atoms with van der Waals surface area (Å²) < 4.78 is 32.1. The van der Waals surface area contributed by atoms with E-state index in [-0.39, 0.29) is 11.5 Å². The lowest BCUT2D eigenvalue weighted by molar-refractivity contribution is 0.221. The van der Waals surface area contributed by atoms with E-state index in [0.717, 1.165) is 6.42 Å². The maximum atomic E-state index is 12.0. The average Bonchev–Trinajstić information content (AvgIpc) is 2.37. The normalized spacial score (nSPS) is 14.9. The van der Waals surface area contributed by atoms with Crippen LogP contribution in [0.15, 0.2) is 29.2 Å². The molecular weight excluding hydrogens is 264 g/mol. The summed E-state index contributed by atoms with van der Waals surface area (Å²) in [6.07, 6.45) is 0.745. The first kappa shape index (κ1) is 15.9. The van der Waals surface area contributed by atoms with Crippen LogP contribution in [0.1, 0.15) is 27.2 Å². The molecular formula is C13H22N2O3S. The summed E-state index contributed by atoms with van der Waals surface area (Å²) >= 11 is 0. The highest BCUT2D eigenvalue weighted by molar-refractivity contribution is 7.89. The molecule has 19 heavy (non-hydrogen) atoms. The number of hydrogen-bond donors (Lipinski definition) is 2. The minimum Gasteiger partial charge on any atom is -0.490 e. The molecule has 0 aliphatic rings. The van der Waals surface area contributed by atoms with E-state index in [9.17, 15) is 8.42 Å². The lowest BCUT2D eigenvalue weighted by atomic mass is 10.0. The van der Waals surface area contributed by atoms with E-state index in [1.807, 2.05) is 13.8 Å². The molecule has 0 radical (unpaired) electrons. The third-order valence-corrected chi connectivity index (χ3v) is 4.42. The van der Waals surface area contributed by atoms with Crippen molar-refractivity contribution in [2.24, 2.45) is 5.73 Å². The molecule has 0 aliphatic carbocycles. The van der Waals surface area contributed by atoms with Gasteiger partial charge in [0.15, 0.2) is 0 Å². The zero-order chi connectivity index (χ0) is 14.5. The summed E-state index contributed by atoms with van der Waals surface area (Å²) in [5.74, 6) is 0.327. The molecule has 0 bridgehead atoms. The zero-order valence-corrected chi connectivity index (χ0v) is 12.5. The van der Waals surface area contributed by atoms with Crippen molar-refractivity contribution in [1.29, 1.82) is 0 Å².